The van der Waals surface area contributed by atoms with Crippen molar-refractivity contribution in [3.8, 4) is 0 Å². The average molecular weight is 636 g/mol. The minimum Gasteiger partial charge on any atom is -0.444 e. The van der Waals surface area contributed by atoms with E-state index in [-0.39, 0.29) is 43.8 Å². The Labute approximate surface area is 269 Å². The molecule has 252 valence electrons. The van der Waals surface area contributed by atoms with Crippen molar-refractivity contribution in [2.45, 2.75) is 124 Å². The number of rotatable bonds is 4. The van der Waals surface area contributed by atoms with Gasteiger partial charge in [-0.3, -0.25) is 9.80 Å². The van der Waals surface area contributed by atoms with Gasteiger partial charge in [0.1, 0.15) is 29.1 Å². The number of benzene rings is 2. The lowest BCUT2D eigenvalue weighted by molar-refractivity contribution is -0.112. The van der Waals surface area contributed by atoms with Gasteiger partial charge < -0.3 is 19.4 Å². The maximum absolute atomic E-state index is 13.0. The first kappa shape index (κ1) is 37.7. The van der Waals surface area contributed by atoms with Crippen LogP contribution in [0.4, 0.5) is 18.4 Å². The van der Waals surface area contributed by atoms with E-state index < -0.39 is 29.4 Å². The molecule has 0 spiro atoms. The normalized spacial score (nSPS) is 21.2. The SMILES string of the molecule is C.CC(C)(C)OC(=O)N1[C@@H](C=O)CC[C@H]1c1ccc(F)cc1.CC(C)(C)OC(=O)N1[C@@H](CO)CC[C@H]1c1ccc(F)cc1.[2H]CC. The number of carbonyl (C=O) groups excluding carboxylic acids is 3. The smallest absolute Gasteiger partial charge is 0.411 e. The van der Waals surface area contributed by atoms with E-state index in [0.717, 1.165) is 23.8 Å². The second kappa shape index (κ2) is 17.2. The van der Waals surface area contributed by atoms with Crippen molar-refractivity contribution in [1.82, 2.24) is 9.80 Å². The highest BCUT2D eigenvalue weighted by Crippen LogP contribution is 2.38. The first-order valence-corrected chi connectivity index (χ1v) is 14.9. The van der Waals surface area contributed by atoms with Gasteiger partial charge in [-0.1, -0.05) is 45.5 Å². The van der Waals surface area contributed by atoms with E-state index in [2.05, 4.69) is 0 Å². The molecule has 1 N–H and O–H groups in total. The molecular weight excluding hydrogens is 582 g/mol. The van der Waals surface area contributed by atoms with E-state index in [0.29, 0.717) is 26.2 Å². The van der Waals surface area contributed by atoms with Crippen molar-refractivity contribution in [1.29, 1.82) is 0 Å². The highest BCUT2D eigenvalue weighted by molar-refractivity contribution is 5.75. The molecule has 2 amide bonds. The molecule has 2 fully saturated rings. The largest absolute Gasteiger partial charge is 0.444 e. The average Bonchev–Trinajstić information content (AvgIpc) is 3.58. The van der Waals surface area contributed by atoms with Crippen molar-refractivity contribution in [3.05, 3.63) is 71.3 Å². The minimum absolute atomic E-state index is 0. The summed E-state index contributed by atoms with van der Waals surface area (Å²) in [5.74, 6) is -0.633. The molecule has 0 saturated carbocycles. The van der Waals surface area contributed by atoms with Crippen LogP contribution in [0.3, 0.4) is 0 Å². The number of aldehydes is 1. The van der Waals surface area contributed by atoms with Gasteiger partial charge in [0, 0.05) is 1.37 Å². The third-order valence-corrected chi connectivity index (χ3v) is 7.02. The first-order valence-electron chi connectivity index (χ1n) is 15.6. The van der Waals surface area contributed by atoms with E-state index in [1.54, 1.807) is 56.9 Å². The van der Waals surface area contributed by atoms with Crippen molar-refractivity contribution in [2.24, 2.45) is 0 Å². The molecule has 2 saturated heterocycles. The molecule has 0 aliphatic carbocycles. The highest BCUT2D eigenvalue weighted by Gasteiger charge is 2.41. The first-order chi connectivity index (χ1) is 21.0. The van der Waals surface area contributed by atoms with Gasteiger partial charge in [-0.25, -0.2) is 18.4 Å². The Hall–Kier alpha value is -3.53. The van der Waals surface area contributed by atoms with E-state index in [1.165, 1.54) is 29.2 Å². The molecule has 2 aliphatic rings. The van der Waals surface area contributed by atoms with Crippen LogP contribution in [-0.4, -0.2) is 63.3 Å². The number of aliphatic hydroxyl groups excluding tert-OH is 1. The zero-order valence-electron chi connectivity index (χ0n) is 27.9. The second-order valence-corrected chi connectivity index (χ2v) is 12.6. The molecule has 2 aromatic carbocycles. The topological polar surface area (TPSA) is 96.4 Å². The number of likely N-dealkylation sites (tertiary alicyclic amines) is 2. The molecule has 2 aromatic rings. The van der Waals surface area contributed by atoms with Gasteiger partial charge in [0.2, 0.25) is 0 Å². The van der Waals surface area contributed by atoms with Crippen LogP contribution in [0.5, 0.6) is 0 Å². The Morgan fingerprint density at radius 2 is 1.20 bits per heavy atom. The Bertz CT molecular complexity index is 1230. The molecule has 4 rings (SSSR count). The summed E-state index contributed by atoms with van der Waals surface area (Å²) in [4.78, 5) is 39.0. The molecular formula is C35H52F2N2O6. The van der Waals surface area contributed by atoms with Gasteiger partial charge in [0.25, 0.3) is 0 Å². The second-order valence-electron chi connectivity index (χ2n) is 12.6. The van der Waals surface area contributed by atoms with E-state index in [4.69, 9.17) is 10.8 Å². The van der Waals surface area contributed by atoms with E-state index in [1.807, 2.05) is 20.8 Å². The molecule has 0 radical (unpaired) electrons. The molecule has 0 aromatic heterocycles. The highest BCUT2D eigenvalue weighted by atomic mass is 19.1. The fourth-order valence-electron chi connectivity index (χ4n) is 5.23. The maximum atomic E-state index is 13.0. The number of nitrogens with zero attached hydrogens (tertiary/aromatic N) is 2. The van der Waals surface area contributed by atoms with Gasteiger partial charge in [-0.15, -0.1) is 0 Å². The van der Waals surface area contributed by atoms with E-state index in [9.17, 15) is 28.3 Å². The number of ether oxygens (including phenoxy) is 2. The van der Waals surface area contributed by atoms with E-state index >= 15 is 0 Å². The summed E-state index contributed by atoms with van der Waals surface area (Å²) in [6.45, 7) is 13.0. The molecule has 4 atom stereocenters. The van der Waals surface area contributed by atoms with Crippen LogP contribution >= 0.6 is 0 Å². The number of hydrogen-bond acceptors (Lipinski definition) is 6. The number of carbonyl (C=O) groups is 3. The Morgan fingerprint density at radius 3 is 1.58 bits per heavy atom. The van der Waals surface area contributed by atoms with Crippen LogP contribution < -0.4 is 0 Å². The predicted molar refractivity (Wildman–Crippen MR) is 172 cm³/mol. The monoisotopic (exact) mass is 635 g/mol. The maximum Gasteiger partial charge on any atom is 0.411 e. The fourth-order valence-corrected chi connectivity index (χ4v) is 5.23. The minimum atomic E-state index is -0.625. The summed E-state index contributed by atoms with van der Waals surface area (Å²) < 4.78 is 43.1. The Balaban J connectivity index is 0.000000415. The fraction of sp³-hybridized carbons (Fsp3) is 0.571. The van der Waals surface area contributed by atoms with Gasteiger partial charge in [0.05, 0.1) is 30.8 Å². The molecule has 45 heavy (non-hydrogen) atoms. The van der Waals surface area contributed by atoms with Crippen LogP contribution in [0.2, 0.25) is 0 Å². The third kappa shape index (κ3) is 11.4. The summed E-state index contributed by atoms with van der Waals surface area (Å²) in [7, 11) is 0. The van der Waals surface area contributed by atoms with Crippen molar-refractivity contribution >= 4 is 18.5 Å². The lowest BCUT2D eigenvalue weighted by Crippen LogP contribution is -2.42. The summed E-state index contributed by atoms with van der Waals surface area (Å²) in [6, 6.07) is 10.9. The zero-order chi connectivity index (χ0) is 33.9. The summed E-state index contributed by atoms with van der Waals surface area (Å²) in [5, 5.41) is 9.48. The number of amides is 2. The molecule has 8 nitrogen and oxygen atoms in total. The van der Waals surface area contributed by atoms with Gasteiger partial charge >= 0.3 is 12.2 Å². The van der Waals surface area contributed by atoms with Crippen LogP contribution in [0, 0.1) is 11.6 Å². The summed E-state index contributed by atoms with van der Waals surface area (Å²) in [6.07, 6.45) is 2.51. The molecule has 0 unspecified atom stereocenters. The van der Waals surface area contributed by atoms with Crippen molar-refractivity contribution in [3.63, 3.8) is 0 Å². The molecule has 2 aliphatic heterocycles. The third-order valence-electron chi connectivity index (χ3n) is 7.02. The molecule has 10 heteroatoms. The number of halogens is 2. The molecule has 0 bridgehead atoms. The Kier molecular flexibility index (Phi) is 14.4. The summed E-state index contributed by atoms with van der Waals surface area (Å²) in [5.41, 5.74) is 0.456. The quantitative estimate of drug-likeness (QED) is 0.339. The summed E-state index contributed by atoms with van der Waals surface area (Å²) >= 11 is 0. The van der Waals surface area contributed by atoms with Crippen molar-refractivity contribution in [2.75, 3.05) is 6.61 Å². The number of aliphatic hydroxyl groups is 1. The zero-order valence-corrected chi connectivity index (χ0v) is 26.9. The lowest BCUT2D eigenvalue weighted by atomic mass is 10.0. The van der Waals surface area contributed by atoms with Crippen molar-refractivity contribution < 1.29 is 39.1 Å². The van der Waals surface area contributed by atoms with Gasteiger partial charge in [-0.05, 0) is 103 Å². The lowest BCUT2D eigenvalue weighted by Gasteiger charge is -2.32. The molecule has 2 heterocycles. The van der Waals surface area contributed by atoms with Crippen LogP contribution in [-0.2, 0) is 14.3 Å². The van der Waals surface area contributed by atoms with Crippen LogP contribution in [0.25, 0.3) is 0 Å². The van der Waals surface area contributed by atoms with Gasteiger partial charge in [0.15, 0.2) is 0 Å². The van der Waals surface area contributed by atoms with Crippen LogP contribution in [0.15, 0.2) is 48.5 Å². The predicted octanol–water partition coefficient (Wildman–Crippen LogP) is 8.39. The van der Waals surface area contributed by atoms with Crippen LogP contribution in [0.1, 0.15) is 113 Å². The number of hydrogen-bond donors (Lipinski definition) is 1. The van der Waals surface area contributed by atoms with Gasteiger partial charge in [-0.2, -0.15) is 0 Å². The standard InChI is InChI=1S/C16H22FNO3.C16H20FNO3.C2H6.CH4/c2*1-16(2,3)21-15(20)18-13(10-19)8-9-14(18)11-4-6-12(17)7-5-11;1-2;/h4-7,13-14,19H,8-10H2,1-3H3;4-7,10,13-14H,8-9H2,1-3H3;1-2H3;1H4/t2*13-,14+;;/m11../s1/i;;1D;. The Morgan fingerprint density at radius 1 is 0.822 bits per heavy atom.